The number of carbonyl (C=O) groups is 3. The Bertz CT molecular complexity index is 1460. The van der Waals surface area contributed by atoms with Gasteiger partial charge in [-0.15, -0.1) is 0 Å². The van der Waals surface area contributed by atoms with Crippen LogP contribution in [0.15, 0.2) is 48.5 Å². The Labute approximate surface area is 209 Å². The zero-order chi connectivity index (χ0) is 26.0. The molecule has 2 aromatic carbocycles. The normalized spacial score (nSPS) is 15.6. The lowest BCUT2D eigenvalue weighted by atomic mass is 10.1. The van der Waals surface area contributed by atoms with Gasteiger partial charge in [0.1, 0.15) is 21.8 Å². The molecule has 1 aromatic heterocycles. The molecule has 10 heteroatoms. The van der Waals surface area contributed by atoms with Crippen molar-refractivity contribution in [2.24, 2.45) is 0 Å². The van der Waals surface area contributed by atoms with Gasteiger partial charge in [-0.05, 0) is 55.3 Å². The van der Waals surface area contributed by atoms with E-state index in [-0.39, 0.29) is 40.1 Å². The standard InChI is InChI=1S/C26H22F2N2O5S/c1-3-34-25(32)21-19(29)18(13-14-5-9-16(27)10-6-14)20-23(26(33)35-4-2)36-22(24(31)30(20)21)15-7-11-17(28)12-8-15/h5-13,22H,3-4,29H2,1-2H3/b18-13+. The van der Waals surface area contributed by atoms with Crippen molar-refractivity contribution in [1.82, 2.24) is 4.57 Å². The van der Waals surface area contributed by atoms with Gasteiger partial charge in [0, 0.05) is 5.22 Å². The quantitative estimate of drug-likeness (QED) is 0.507. The van der Waals surface area contributed by atoms with E-state index in [1.807, 2.05) is 0 Å². The number of benzene rings is 2. The van der Waals surface area contributed by atoms with Crippen LogP contribution in [0.2, 0.25) is 0 Å². The second-order valence-corrected chi connectivity index (χ2v) is 8.83. The lowest BCUT2D eigenvalue weighted by Crippen LogP contribution is -2.42. The maximum Gasteiger partial charge on any atom is 0.357 e. The molecule has 0 aliphatic carbocycles. The minimum atomic E-state index is -0.990. The second-order valence-electron chi connectivity index (χ2n) is 7.71. The van der Waals surface area contributed by atoms with E-state index >= 15 is 0 Å². The number of aromatic nitrogens is 1. The number of hydrogen-bond donors (Lipinski definition) is 1. The molecule has 0 fully saturated rings. The van der Waals surface area contributed by atoms with Crippen LogP contribution in [-0.2, 0) is 14.3 Å². The maximum absolute atomic E-state index is 13.8. The van der Waals surface area contributed by atoms with E-state index in [4.69, 9.17) is 15.2 Å². The minimum Gasteiger partial charge on any atom is -0.462 e. The summed E-state index contributed by atoms with van der Waals surface area (Å²) in [6.45, 7) is 3.33. The first-order chi connectivity index (χ1) is 17.3. The van der Waals surface area contributed by atoms with Gasteiger partial charge in [-0.3, -0.25) is 9.36 Å². The summed E-state index contributed by atoms with van der Waals surface area (Å²) in [7, 11) is 0. The van der Waals surface area contributed by atoms with Gasteiger partial charge in [-0.25, -0.2) is 18.4 Å². The molecule has 36 heavy (non-hydrogen) atoms. The van der Waals surface area contributed by atoms with E-state index in [0.717, 1.165) is 16.3 Å². The summed E-state index contributed by atoms with van der Waals surface area (Å²) in [6, 6.07) is 10.7. The molecule has 1 atom stereocenters. The third-order valence-corrected chi connectivity index (χ3v) is 6.73. The Morgan fingerprint density at radius 2 is 1.53 bits per heavy atom. The van der Waals surface area contributed by atoms with Gasteiger partial charge in [-0.2, -0.15) is 0 Å². The highest BCUT2D eigenvalue weighted by Crippen LogP contribution is 2.39. The molecule has 1 aliphatic rings. The van der Waals surface area contributed by atoms with Crippen LogP contribution in [0.5, 0.6) is 0 Å². The minimum absolute atomic E-state index is 0.0224. The molecule has 0 saturated carbocycles. The van der Waals surface area contributed by atoms with Crippen LogP contribution in [0, 0.1) is 11.6 Å². The SMILES string of the molecule is CCOC(=O)C1=c2/c(=C/c3ccc(F)cc3)c(N)c(C(=O)OCC)n2C(=O)C(c2ccc(F)cc2)S1. The van der Waals surface area contributed by atoms with Crippen molar-refractivity contribution in [2.45, 2.75) is 19.1 Å². The van der Waals surface area contributed by atoms with E-state index in [0.29, 0.717) is 11.1 Å². The van der Waals surface area contributed by atoms with Crippen molar-refractivity contribution in [3.63, 3.8) is 0 Å². The van der Waals surface area contributed by atoms with Crippen molar-refractivity contribution in [1.29, 1.82) is 0 Å². The molecule has 0 bridgehead atoms. The predicted octanol–water partition coefficient (Wildman–Crippen LogP) is 3.15. The molecule has 1 unspecified atom stereocenters. The van der Waals surface area contributed by atoms with E-state index in [2.05, 4.69) is 0 Å². The fourth-order valence-electron chi connectivity index (χ4n) is 3.86. The third-order valence-electron chi connectivity index (χ3n) is 5.43. The van der Waals surface area contributed by atoms with Crippen LogP contribution in [0.4, 0.5) is 14.5 Å². The van der Waals surface area contributed by atoms with Gasteiger partial charge < -0.3 is 15.2 Å². The molecule has 7 nitrogen and oxygen atoms in total. The summed E-state index contributed by atoms with van der Waals surface area (Å²) >= 11 is 0.925. The summed E-state index contributed by atoms with van der Waals surface area (Å²) < 4.78 is 38.5. The highest BCUT2D eigenvalue weighted by Gasteiger charge is 2.38. The molecule has 2 heterocycles. The lowest BCUT2D eigenvalue weighted by Gasteiger charge is -2.23. The number of nitrogen functional groups attached to an aromatic ring is 1. The molecular formula is C26H22F2N2O5S. The largest absolute Gasteiger partial charge is 0.462 e. The van der Waals surface area contributed by atoms with Gasteiger partial charge in [0.2, 0.25) is 5.91 Å². The van der Waals surface area contributed by atoms with Crippen LogP contribution in [0.25, 0.3) is 11.0 Å². The third kappa shape index (κ3) is 4.64. The number of carbonyl (C=O) groups excluding carboxylic acids is 3. The molecule has 1 aliphatic heterocycles. The number of nitrogens with two attached hydrogens (primary N) is 1. The van der Waals surface area contributed by atoms with Crippen molar-refractivity contribution in [2.75, 3.05) is 18.9 Å². The first-order valence-corrected chi connectivity index (χ1v) is 12.0. The van der Waals surface area contributed by atoms with E-state index < -0.39 is 34.7 Å². The summed E-state index contributed by atoms with van der Waals surface area (Å²) in [5.41, 5.74) is 7.02. The molecule has 0 spiro atoms. The van der Waals surface area contributed by atoms with Crippen molar-refractivity contribution in [3.05, 3.63) is 87.6 Å². The number of ether oxygens (including phenoxy) is 2. The van der Waals surface area contributed by atoms with Gasteiger partial charge in [0.25, 0.3) is 0 Å². The summed E-state index contributed by atoms with van der Waals surface area (Å²) in [4.78, 5) is 39.9. The first kappa shape index (κ1) is 25.2. The number of hydrogen-bond acceptors (Lipinski definition) is 7. The zero-order valence-corrected chi connectivity index (χ0v) is 20.2. The summed E-state index contributed by atoms with van der Waals surface area (Å²) in [5, 5.41) is -0.700. The fourth-order valence-corrected chi connectivity index (χ4v) is 5.06. The van der Waals surface area contributed by atoms with Crippen molar-refractivity contribution < 1.29 is 32.6 Å². The van der Waals surface area contributed by atoms with Crippen LogP contribution in [0.1, 0.15) is 45.5 Å². The topological polar surface area (TPSA) is 101 Å². The number of thioether (sulfide) groups is 1. The zero-order valence-electron chi connectivity index (χ0n) is 19.4. The Morgan fingerprint density at radius 3 is 2.11 bits per heavy atom. The summed E-state index contributed by atoms with van der Waals surface area (Å²) in [5.74, 6) is -3.07. The van der Waals surface area contributed by atoms with E-state index in [1.54, 1.807) is 19.9 Å². The number of anilines is 1. The number of nitrogens with zero attached hydrogens (tertiary/aromatic N) is 1. The predicted molar refractivity (Wildman–Crippen MR) is 131 cm³/mol. The average Bonchev–Trinajstić information content (AvgIpc) is 3.14. The summed E-state index contributed by atoms with van der Waals surface area (Å²) in [6.07, 6.45) is 1.55. The Morgan fingerprint density at radius 1 is 0.972 bits per heavy atom. The van der Waals surface area contributed by atoms with Crippen LogP contribution >= 0.6 is 11.8 Å². The van der Waals surface area contributed by atoms with Gasteiger partial charge in [-0.1, -0.05) is 36.0 Å². The second kappa shape index (κ2) is 10.4. The maximum atomic E-state index is 13.8. The molecular weight excluding hydrogens is 490 g/mol. The highest BCUT2D eigenvalue weighted by molar-refractivity contribution is 8.10. The van der Waals surface area contributed by atoms with Gasteiger partial charge in [0.05, 0.1) is 24.3 Å². The smallest absolute Gasteiger partial charge is 0.357 e. The number of esters is 2. The fraction of sp³-hybridized carbons (Fsp3) is 0.192. The highest BCUT2D eigenvalue weighted by atomic mass is 32.2. The van der Waals surface area contributed by atoms with E-state index in [1.165, 1.54) is 48.5 Å². The Hall–Kier alpha value is -3.92. The van der Waals surface area contributed by atoms with Crippen molar-refractivity contribution >= 4 is 46.3 Å². The number of rotatable bonds is 6. The first-order valence-electron chi connectivity index (χ1n) is 11.1. The van der Waals surface area contributed by atoms with Crippen LogP contribution in [0.3, 0.4) is 0 Å². The molecule has 3 aromatic rings. The lowest BCUT2D eigenvalue weighted by molar-refractivity contribution is -0.135. The molecule has 0 radical (unpaired) electrons. The molecule has 0 saturated heterocycles. The molecule has 186 valence electrons. The van der Waals surface area contributed by atoms with Crippen LogP contribution < -0.4 is 16.3 Å². The Kier molecular flexibility index (Phi) is 7.25. The van der Waals surface area contributed by atoms with Gasteiger partial charge in [0.15, 0.2) is 5.69 Å². The van der Waals surface area contributed by atoms with Gasteiger partial charge >= 0.3 is 11.9 Å². The average molecular weight is 513 g/mol. The van der Waals surface area contributed by atoms with E-state index in [9.17, 15) is 23.2 Å². The Balaban J connectivity index is 2.08. The molecule has 2 N–H and O–H groups in total. The molecule has 4 rings (SSSR count). The van der Waals surface area contributed by atoms with Crippen molar-refractivity contribution in [3.8, 4) is 0 Å². The molecule has 0 amide bonds. The van der Waals surface area contributed by atoms with Crippen LogP contribution in [-0.4, -0.2) is 35.6 Å². The monoisotopic (exact) mass is 512 g/mol. The number of fused-ring (bicyclic) bond motifs is 1. The number of halogens is 2.